The molecule has 19 heavy (non-hydrogen) atoms. The maximum Gasteiger partial charge on any atom is 0.261 e. The van der Waals surface area contributed by atoms with Gasteiger partial charge >= 0.3 is 0 Å². The lowest BCUT2D eigenvalue weighted by Gasteiger charge is -2.09. The van der Waals surface area contributed by atoms with E-state index in [0.717, 1.165) is 24.3 Å². The van der Waals surface area contributed by atoms with Crippen LogP contribution >= 0.6 is 0 Å². The van der Waals surface area contributed by atoms with Gasteiger partial charge in [0.1, 0.15) is 11.6 Å². The molecule has 0 aliphatic heterocycles. The topological polar surface area (TPSA) is 72.2 Å². The van der Waals surface area contributed by atoms with Crippen LogP contribution in [0.4, 0.5) is 20.2 Å². The highest BCUT2D eigenvalue weighted by atomic mass is 32.2. The van der Waals surface area contributed by atoms with Crippen LogP contribution in [0.25, 0.3) is 0 Å². The summed E-state index contributed by atoms with van der Waals surface area (Å²) in [6.07, 6.45) is 0. The van der Waals surface area contributed by atoms with Crippen molar-refractivity contribution in [2.75, 3.05) is 10.5 Å². The molecule has 0 atom stereocenters. The summed E-state index contributed by atoms with van der Waals surface area (Å²) in [5.41, 5.74) is 5.46. The molecule has 2 aromatic rings. The summed E-state index contributed by atoms with van der Waals surface area (Å²) in [6.45, 7) is 0. The molecule has 0 radical (unpaired) electrons. The van der Waals surface area contributed by atoms with E-state index in [9.17, 15) is 17.2 Å². The molecule has 0 heterocycles. The largest absolute Gasteiger partial charge is 0.399 e. The molecule has 0 spiro atoms. The van der Waals surface area contributed by atoms with Crippen molar-refractivity contribution in [3.05, 3.63) is 54.1 Å². The molecule has 0 bridgehead atoms. The van der Waals surface area contributed by atoms with Gasteiger partial charge in [0, 0.05) is 5.69 Å². The number of anilines is 2. The van der Waals surface area contributed by atoms with E-state index in [4.69, 9.17) is 5.73 Å². The van der Waals surface area contributed by atoms with Gasteiger partial charge in [0.2, 0.25) is 0 Å². The lowest BCUT2D eigenvalue weighted by atomic mass is 10.3. The van der Waals surface area contributed by atoms with Gasteiger partial charge < -0.3 is 5.73 Å². The van der Waals surface area contributed by atoms with E-state index in [2.05, 4.69) is 4.72 Å². The molecule has 0 aliphatic carbocycles. The molecular weight excluding hydrogens is 274 g/mol. The molecule has 0 saturated carbocycles. The second-order valence-electron chi connectivity index (χ2n) is 3.84. The molecule has 0 unspecified atom stereocenters. The van der Waals surface area contributed by atoms with Gasteiger partial charge in [-0.25, -0.2) is 17.2 Å². The number of hydrogen-bond donors (Lipinski definition) is 2. The molecule has 2 aromatic carbocycles. The first-order valence-electron chi connectivity index (χ1n) is 5.21. The van der Waals surface area contributed by atoms with Gasteiger partial charge in [0.15, 0.2) is 0 Å². The van der Waals surface area contributed by atoms with Gasteiger partial charge in [0.05, 0.1) is 10.6 Å². The predicted molar refractivity (Wildman–Crippen MR) is 68.0 cm³/mol. The summed E-state index contributed by atoms with van der Waals surface area (Å²) in [6, 6.07) is 7.79. The van der Waals surface area contributed by atoms with Crippen molar-refractivity contribution in [2.24, 2.45) is 0 Å². The van der Waals surface area contributed by atoms with E-state index in [1.54, 1.807) is 0 Å². The second-order valence-corrected chi connectivity index (χ2v) is 5.52. The molecule has 0 fully saturated rings. The molecule has 0 aromatic heterocycles. The van der Waals surface area contributed by atoms with Crippen LogP contribution in [0.3, 0.4) is 0 Å². The Balaban J connectivity index is 2.36. The quantitative estimate of drug-likeness (QED) is 0.850. The van der Waals surface area contributed by atoms with E-state index < -0.39 is 21.7 Å². The zero-order chi connectivity index (χ0) is 14.0. The Labute approximate surface area is 108 Å². The van der Waals surface area contributed by atoms with E-state index in [0.29, 0.717) is 0 Å². The highest BCUT2D eigenvalue weighted by Crippen LogP contribution is 2.20. The summed E-state index contributed by atoms with van der Waals surface area (Å²) in [5.74, 6) is -1.35. The van der Waals surface area contributed by atoms with Crippen molar-refractivity contribution in [3.63, 3.8) is 0 Å². The number of halogens is 2. The summed E-state index contributed by atoms with van der Waals surface area (Å²) in [4.78, 5) is -0.254. The summed E-state index contributed by atoms with van der Waals surface area (Å²) in [5, 5.41) is 0. The van der Waals surface area contributed by atoms with Crippen LogP contribution in [-0.2, 0) is 10.0 Å². The van der Waals surface area contributed by atoms with E-state index >= 15 is 0 Å². The van der Waals surface area contributed by atoms with Crippen molar-refractivity contribution in [3.8, 4) is 0 Å². The number of nitrogen functional groups attached to an aromatic ring is 1. The third-order valence-corrected chi connectivity index (χ3v) is 3.66. The Hall–Kier alpha value is -2.15. The van der Waals surface area contributed by atoms with Gasteiger partial charge in [-0.15, -0.1) is 0 Å². The van der Waals surface area contributed by atoms with Crippen LogP contribution in [0.2, 0.25) is 0 Å². The lowest BCUT2D eigenvalue weighted by Crippen LogP contribution is -2.13. The summed E-state index contributed by atoms with van der Waals surface area (Å²) < 4.78 is 52.1. The fourth-order valence-electron chi connectivity index (χ4n) is 1.52. The first-order valence-corrected chi connectivity index (χ1v) is 6.69. The Bertz CT molecular complexity index is 697. The summed E-state index contributed by atoms with van der Waals surface area (Å²) in [7, 11) is -3.98. The Kier molecular flexibility index (Phi) is 3.39. The third-order valence-electron chi connectivity index (χ3n) is 2.28. The molecule has 0 saturated heterocycles. The van der Waals surface area contributed by atoms with Gasteiger partial charge in [-0.05, 0) is 36.4 Å². The first-order chi connectivity index (χ1) is 8.87. The van der Waals surface area contributed by atoms with Gasteiger partial charge in [-0.2, -0.15) is 0 Å². The molecule has 2 rings (SSSR count). The van der Waals surface area contributed by atoms with Crippen molar-refractivity contribution in [1.82, 2.24) is 0 Å². The zero-order valence-electron chi connectivity index (χ0n) is 9.60. The van der Waals surface area contributed by atoms with E-state index in [1.807, 2.05) is 0 Å². The van der Waals surface area contributed by atoms with Gasteiger partial charge in [-0.3, -0.25) is 4.72 Å². The standard InChI is InChI=1S/C12H10F2N2O2S/c13-8-2-1-3-12(6-8)19(17,18)16-11-5-9(14)4-10(15)7-11/h1-7,16H,15H2. The highest BCUT2D eigenvalue weighted by Gasteiger charge is 2.15. The minimum Gasteiger partial charge on any atom is -0.399 e. The maximum atomic E-state index is 13.1. The molecule has 100 valence electrons. The smallest absolute Gasteiger partial charge is 0.261 e. The molecular formula is C12H10F2N2O2S. The fraction of sp³-hybridized carbons (Fsp3) is 0. The third kappa shape index (κ3) is 3.19. The fourth-order valence-corrected chi connectivity index (χ4v) is 2.59. The van der Waals surface area contributed by atoms with E-state index in [-0.39, 0.29) is 16.3 Å². The normalized spacial score (nSPS) is 11.3. The van der Waals surface area contributed by atoms with Crippen LogP contribution in [0.15, 0.2) is 47.4 Å². The molecule has 3 N–H and O–H groups in total. The first kappa shape index (κ1) is 13.3. The number of sulfonamides is 1. The van der Waals surface area contributed by atoms with Crippen LogP contribution < -0.4 is 10.5 Å². The van der Waals surface area contributed by atoms with Gasteiger partial charge in [0.25, 0.3) is 10.0 Å². The minimum atomic E-state index is -3.98. The van der Waals surface area contributed by atoms with E-state index in [1.165, 1.54) is 18.2 Å². The molecule has 4 nitrogen and oxygen atoms in total. The number of rotatable bonds is 3. The SMILES string of the molecule is Nc1cc(F)cc(NS(=O)(=O)c2cccc(F)c2)c1. The minimum absolute atomic E-state index is 0.0261. The monoisotopic (exact) mass is 284 g/mol. The Morgan fingerprint density at radius 3 is 2.37 bits per heavy atom. The zero-order valence-corrected chi connectivity index (χ0v) is 10.4. The van der Waals surface area contributed by atoms with Crippen LogP contribution in [0, 0.1) is 11.6 Å². The maximum absolute atomic E-state index is 13.1. The van der Waals surface area contributed by atoms with Crippen molar-refractivity contribution in [1.29, 1.82) is 0 Å². The average Bonchev–Trinajstić information content (AvgIpc) is 2.26. The number of nitrogens with one attached hydrogen (secondary N) is 1. The van der Waals surface area contributed by atoms with Crippen LogP contribution in [0.1, 0.15) is 0 Å². The molecule has 0 amide bonds. The Morgan fingerprint density at radius 1 is 1.00 bits per heavy atom. The van der Waals surface area contributed by atoms with Crippen molar-refractivity contribution < 1.29 is 17.2 Å². The highest BCUT2D eigenvalue weighted by molar-refractivity contribution is 7.92. The number of hydrogen-bond acceptors (Lipinski definition) is 3. The number of nitrogens with two attached hydrogens (primary N) is 1. The average molecular weight is 284 g/mol. The second kappa shape index (κ2) is 4.85. The lowest BCUT2D eigenvalue weighted by molar-refractivity contribution is 0.595. The van der Waals surface area contributed by atoms with Crippen molar-refractivity contribution >= 4 is 21.4 Å². The number of benzene rings is 2. The van der Waals surface area contributed by atoms with Crippen LogP contribution in [-0.4, -0.2) is 8.42 Å². The predicted octanol–water partition coefficient (Wildman–Crippen LogP) is 2.35. The Morgan fingerprint density at radius 2 is 1.74 bits per heavy atom. The van der Waals surface area contributed by atoms with Crippen LogP contribution in [0.5, 0.6) is 0 Å². The molecule has 7 heteroatoms. The molecule has 0 aliphatic rings. The van der Waals surface area contributed by atoms with Crippen molar-refractivity contribution in [2.45, 2.75) is 4.90 Å². The summed E-state index contributed by atoms with van der Waals surface area (Å²) >= 11 is 0. The van der Waals surface area contributed by atoms with Gasteiger partial charge in [-0.1, -0.05) is 6.07 Å².